The molecule has 0 atom stereocenters. The fourth-order valence-corrected chi connectivity index (χ4v) is 2.87. The van der Waals surface area contributed by atoms with Gasteiger partial charge in [-0.2, -0.15) is 10.2 Å². The predicted octanol–water partition coefficient (Wildman–Crippen LogP) is 4.82. The first-order valence-corrected chi connectivity index (χ1v) is 10.1. The summed E-state index contributed by atoms with van der Waals surface area (Å²) < 4.78 is 0. The molecule has 0 aliphatic rings. The summed E-state index contributed by atoms with van der Waals surface area (Å²) in [6.07, 6.45) is 6.66. The third-order valence-electron chi connectivity index (χ3n) is 4.39. The zero-order chi connectivity index (χ0) is 21.8. The van der Waals surface area contributed by atoms with Gasteiger partial charge in [0.25, 0.3) is 0 Å². The van der Waals surface area contributed by atoms with Crippen LogP contribution in [0.3, 0.4) is 0 Å². The van der Waals surface area contributed by atoms with Gasteiger partial charge in [0.05, 0.1) is 23.8 Å². The lowest BCUT2D eigenvalue weighted by molar-refractivity contribution is 1.21. The number of hydrogen-bond acceptors (Lipinski definition) is 6. The SMILES string of the molecule is C(=N/N=C(/C(=N/N=C/c1ccccn1)c1ccccc1)c1ccccc1)\c1ccccn1. The number of nitrogens with zero attached hydrogens (tertiary/aromatic N) is 6. The Kier molecular flexibility index (Phi) is 7.10. The second kappa shape index (κ2) is 11.0. The van der Waals surface area contributed by atoms with Crippen LogP contribution in [-0.4, -0.2) is 33.8 Å². The summed E-state index contributed by atoms with van der Waals surface area (Å²) in [6, 6.07) is 30.8. The predicted molar refractivity (Wildman–Crippen MR) is 130 cm³/mol. The molecule has 2 aromatic carbocycles. The van der Waals surface area contributed by atoms with Gasteiger partial charge in [-0.25, -0.2) is 0 Å². The van der Waals surface area contributed by atoms with Crippen molar-refractivity contribution in [1.82, 2.24) is 9.97 Å². The topological polar surface area (TPSA) is 75.2 Å². The van der Waals surface area contributed by atoms with Crippen molar-refractivity contribution in [1.29, 1.82) is 0 Å². The Labute approximate surface area is 186 Å². The summed E-state index contributed by atoms with van der Waals surface area (Å²) in [5, 5.41) is 17.6. The Bertz CT molecular complexity index is 1130. The largest absolute Gasteiger partial charge is 0.255 e. The Hall–Kier alpha value is -4.58. The van der Waals surface area contributed by atoms with Gasteiger partial charge in [0.15, 0.2) is 0 Å². The fourth-order valence-electron chi connectivity index (χ4n) is 2.87. The molecule has 0 bridgehead atoms. The summed E-state index contributed by atoms with van der Waals surface area (Å²) in [5.74, 6) is 0. The number of hydrogen-bond donors (Lipinski definition) is 0. The molecule has 32 heavy (non-hydrogen) atoms. The maximum atomic E-state index is 4.52. The Morgan fingerprint density at radius 3 is 1.28 bits per heavy atom. The van der Waals surface area contributed by atoms with Gasteiger partial charge in [0.1, 0.15) is 11.4 Å². The van der Waals surface area contributed by atoms with Crippen LogP contribution in [0.1, 0.15) is 22.5 Å². The Morgan fingerprint density at radius 1 is 0.500 bits per heavy atom. The summed E-state index contributed by atoms with van der Waals surface area (Å²) >= 11 is 0. The zero-order valence-corrected chi connectivity index (χ0v) is 17.2. The lowest BCUT2D eigenvalue weighted by Crippen LogP contribution is -2.17. The summed E-state index contributed by atoms with van der Waals surface area (Å²) in [5.41, 5.74) is 4.39. The molecular formula is C26H20N6. The van der Waals surface area contributed by atoms with Crippen molar-refractivity contribution in [3.63, 3.8) is 0 Å². The summed E-state index contributed by atoms with van der Waals surface area (Å²) in [7, 11) is 0. The molecule has 6 heteroatoms. The number of aromatic nitrogens is 2. The van der Waals surface area contributed by atoms with Crippen LogP contribution in [0.25, 0.3) is 0 Å². The first-order chi connectivity index (χ1) is 15.9. The van der Waals surface area contributed by atoms with Gasteiger partial charge in [0, 0.05) is 23.5 Å². The summed E-state index contributed by atoms with van der Waals surface area (Å²) in [6.45, 7) is 0. The molecule has 0 aliphatic heterocycles. The quantitative estimate of drug-likeness (QED) is 0.320. The third kappa shape index (κ3) is 5.73. The highest BCUT2D eigenvalue weighted by Gasteiger charge is 2.14. The van der Waals surface area contributed by atoms with E-state index in [1.807, 2.05) is 97.1 Å². The van der Waals surface area contributed by atoms with Gasteiger partial charge in [-0.15, -0.1) is 10.2 Å². The molecule has 154 valence electrons. The molecule has 2 heterocycles. The van der Waals surface area contributed by atoms with Crippen molar-refractivity contribution in [2.75, 3.05) is 0 Å². The van der Waals surface area contributed by atoms with Gasteiger partial charge < -0.3 is 0 Å². The minimum atomic E-state index is 0.599. The van der Waals surface area contributed by atoms with Gasteiger partial charge in [-0.1, -0.05) is 72.8 Å². The van der Waals surface area contributed by atoms with Crippen LogP contribution in [0, 0.1) is 0 Å². The van der Waals surface area contributed by atoms with E-state index in [9.17, 15) is 0 Å². The highest BCUT2D eigenvalue weighted by molar-refractivity contribution is 6.53. The molecule has 6 nitrogen and oxygen atoms in total. The first kappa shape index (κ1) is 20.7. The van der Waals surface area contributed by atoms with E-state index in [0.717, 1.165) is 22.5 Å². The molecule has 0 spiro atoms. The van der Waals surface area contributed by atoms with Crippen molar-refractivity contribution < 1.29 is 0 Å². The van der Waals surface area contributed by atoms with Crippen LogP contribution in [0.4, 0.5) is 0 Å². The number of pyridine rings is 2. The van der Waals surface area contributed by atoms with E-state index in [-0.39, 0.29) is 0 Å². The average molecular weight is 416 g/mol. The fraction of sp³-hybridized carbons (Fsp3) is 0. The smallest absolute Gasteiger partial charge is 0.121 e. The van der Waals surface area contributed by atoms with E-state index in [0.29, 0.717) is 11.4 Å². The monoisotopic (exact) mass is 416 g/mol. The minimum Gasteiger partial charge on any atom is -0.255 e. The molecule has 0 radical (unpaired) electrons. The lowest BCUT2D eigenvalue weighted by atomic mass is 10.00. The van der Waals surface area contributed by atoms with E-state index in [4.69, 9.17) is 0 Å². The van der Waals surface area contributed by atoms with Crippen LogP contribution in [-0.2, 0) is 0 Å². The molecule has 0 saturated carbocycles. The maximum Gasteiger partial charge on any atom is 0.121 e. The van der Waals surface area contributed by atoms with Crippen LogP contribution in [0.15, 0.2) is 130 Å². The molecule has 0 aliphatic carbocycles. The maximum absolute atomic E-state index is 4.52. The second-order valence-electron chi connectivity index (χ2n) is 6.63. The zero-order valence-electron chi connectivity index (χ0n) is 17.2. The highest BCUT2D eigenvalue weighted by atomic mass is 15.2. The van der Waals surface area contributed by atoms with Crippen molar-refractivity contribution in [3.05, 3.63) is 132 Å². The van der Waals surface area contributed by atoms with Crippen LogP contribution in [0.5, 0.6) is 0 Å². The van der Waals surface area contributed by atoms with E-state index >= 15 is 0 Å². The number of rotatable bonds is 7. The lowest BCUT2D eigenvalue weighted by Gasteiger charge is -2.08. The standard InChI is InChI=1S/C26H20N6/c1-3-11-21(12-4-1)25(31-29-19-23-15-7-9-17-27-23)26(22-13-5-2-6-14-22)32-30-20-24-16-8-10-18-28-24/h1-20H/b29-19+,30-20+,31-25+,32-26+. The van der Waals surface area contributed by atoms with Crippen molar-refractivity contribution in [3.8, 4) is 0 Å². The normalized spacial score (nSPS) is 12.5. The summed E-state index contributed by atoms with van der Waals surface area (Å²) in [4.78, 5) is 8.51. The van der Waals surface area contributed by atoms with Gasteiger partial charge >= 0.3 is 0 Å². The van der Waals surface area contributed by atoms with Crippen LogP contribution >= 0.6 is 0 Å². The van der Waals surface area contributed by atoms with E-state index in [1.165, 1.54) is 0 Å². The van der Waals surface area contributed by atoms with E-state index < -0.39 is 0 Å². The molecule has 2 aromatic heterocycles. The number of benzene rings is 2. The molecule has 0 N–H and O–H groups in total. The van der Waals surface area contributed by atoms with Crippen molar-refractivity contribution in [2.24, 2.45) is 20.4 Å². The van der Waals surface area contributed by atoms with Crippen LogP contribution < -0.4 is 0 Å². The second-order valence-corrected chi connectivity index (χ2v) is 6.63. The van der Waals surface area contributed by atoms with Crippen LogP contribution in [0.2, 0.25) is 0 Å². The molecule has 4 rings (SSSR count). The molecule has 0 amide bonds. The highest BCUT2D eigenvalue weighted by Crippen LogP contribution is 2.11. The third-order valence-corrected chi connectivity index (χ3v) is 4.39. The van der Waals surface area contributed by atoms with E-state index in [2.05, 4.69) is 30.4 Å². The minimum absolute atomic E-state index is 0.599. The molecular weight excluding hydrogens is 396 g/mol. The van der Waals surface area contributed by atoms with Gasteiger partial charge in [0.2, 0.25) is 0 Å². The Morgan fingerprint density at radius 2 is 0.906 bits per heavy atom. The van der Waals surface area contributed by atoms with Gasteiger partial charge in [-0.05, 0) is 24.3 Å². The first-order valence-electron chi connectivity index (χ1n) is 10.1. The van der Waals surface area contributed by atoms with Crippen molar-refractivity contribution in [2.45, 2.75) is 0 Å². The molecule has 0 saturated heterocycles. The molecule has 0 fully saturated rings. The van der Waals surface area contributed by atoms with Crippen molar-refractivity contribution >= 4 is 23.9 Å². The Balaban J connectivity index is 1.77. The molecule has 4 aromatic rings. The molecule has 0 unspecified atom stereocenters. The van der Waals surface area contributed by atoms with Gasteiger partial charge in [-0.3, -0.25) is 9.97 Å². The van der Waals surface area contributed by atoms with E-state index in [1.54, 1.807) is 24.8 Å². The average Bonchev–Trinajstić information content (AvgIpc) is 2.87.